The minimum Gasteiger partial charge on any atom is -0.261 e. The van der Waals surface area contributed by atoms with Gasteiger partial charge in [-0.2, -0.15) is 0 Å². The minimum atomic E-state index is -1.77. The molecular formula is C19H20IN3P+. The number of nitrogens with zero attached hydrogens (tertiary/aromatic N) is 3. The van der Waals surface area contributed by atoms with Gasteiger partial charge in [-0.1, -0.05) is 22.6 Å². The average molecular weight is 452 g/mol. The third-order valence-corrected chi connectivity index (χ3v) is 9.33. The molecule has 0 saturated heterocycles. The van der Waals surface area contributed by atoms with E-state index in [1.807, 2.05) is 55.4 Å². The molecule has 0 aromatic carbocycles. The lowest BCUT2D eigenvalue weighted by atomic mass is 10.4. The first-order valence-electron chi connectivity index (χ1n) is 8.04. The summed E-state index contributed by atoms with van der Waals surface area (Å²) in [5.74, 6) is 0. The Hall–Kier alpha value is -1.39. The van der Waals surface area contributed by atoms with Gasteiger partial charge in [-0.15, -0.1) is 0 Å². The molecule has 0 radical (unpaired) electrons. The van der Waals surface area contributed by atoms with E-state index in [0.717, 1.165) is 6.16 Å². The molecule has 3 heterocycles. The number of pyridine rings is 3. The fourth-order valence-electron chi connectivity index (χ4n) is 3.02. The van der Waals surface area contributed by atoms with E-state index in [2.05, 4.69) is 55.7 Å². The number of halogens is 1. The van der Waals surface area contributed by atoms with E-state index in [0.29, 0.717) is 0 Å². The van der Waals surface area contributed by atoms with Crippen molar-refractivity contribution in [3.63, 3.8) is 0 Å². The standard InChI is InChI=1S/C19H20IN3P/c20-9-1-2-13-24(17-6-3-10-21-14-17,18-7-4-11-22-15-18)19-8-5-12-23-16-19/h3-8,10-12,14-16H,1-2,9,13H2/q+1/i20+4. The van der Waals surface area contributed by atoms with Crippen LogP contribution in [-0.2, 0) is 0 Å². The van der Waals surface area contributed by atoms with E-state index in [1.165, 1.54) is 33.2 Å². The van der Waals surface area contributed by atoms with Gasteiger partial charge in [0.1, 0.15) is 23.2 Å². The molecule has 0 aliphatic carbocycles. The zero-order valence-corrected chi connectivity index (χ0v) is 16.5. The van der Waals surface area contributed by atoms with Crippen molar-refractivity contribution < 1.29 is 0 Å². The van der Waals surface area contributed by atoms with Crippen LogP contribution in [0.4, 0.5) is 0 Å². The Bertz CT molecular complexity index is 642. The normalized spacial score (nSPS) is 11.4. The molecule has 3 nitrogen and oxygen atoms in total. The van der Waals surface area contributed by atoms with Gasteiger partial charge in [-0.05, 0) is 53.7 Å². The van der Waals surface area contributed by atoms with E-state index in [9.17, 15) is 0 Å². The summed E-state index contributed by atoms with van der Waals surface area (Å²) in [6.07, 6.45) is 15.1. The minimum absolute atomic E-state index is 1.12. The van der Waals surface area contributed by atoms with Crippen LogP contribution in [0.5, 0.6) is 0 Å². The van der Waals surface area contributed by atoms with Crippen molar-refractivity contribution in [1.29, 1.82) is 0 Å². The van der Waals surface area contributed by atoms with Gasteiger partial charge in [0.2, 0.25) is 0 Å². The summed E-state index contributed by atoms with van der Waals surface area (Å²) < 4.78 is 1.19. The summed E-state index contributed by atoms with van der Waals surface area (Å²) in [4.78, 5) is 13.2. The van der Waals surface area contributed by atoms with Crippen LogP contribution in [0.15, 0.2) is 73.6 Å². The third-order valence-electron chi connectivity index (χ3n) is 4.14. The number of rotatable bonds is 7. The van der Waals surface area contributed by atoms with Crippen molar-refractivity contribution in [2.24, 2.45) is 0 Å². The number of hydrogen-bond acceptors (Lipinski definition) is 3. The summed E-state index contributed by atoms with van der Waals surface area (Å²) >= 11 is 2.46. The molecular weight excluding hydrogens is 432 g/mol. The van der Waals surface area contributed by atoms with Crippen LogP contribution in [-0.4, -0.2) is 25.5 Å². The van der Waals surface area contributed by atoms with Gasteiger partial charge in [0.25, 0.3) is 0 Å². The Morgan fingerprint density at radius 2 is 1.17 bits per heavy atom. The first-order chi connectivity index (χ1) is 11.9. The molecule has 3 aromatic heterocycles. The highest BCUT2D eigenvalue weighted by Gasteiger charge is 2.45. The Morgan fingerprint density at radius 3 is 1.50 bits per heavy atom. The van der Waals surface area contributed by atoms with Crippen molar-refractivity contribution in [1.82, 2.24) is 15.0 Å². The Labute approximate surface area is 157 Å². The molecule has 0 aliphatic heterocycles. The van der Waals surface area contributed by atoms with E-state index < -0.39 is 7.26 Å². The van der Waals surface area contributed by atoms with Crippen LogP contribution in [0.3, 0.4) is 0 Å². The fraction of sp³-hybridized carbons (Fsp3) is 0.211. The van der Waals surface area contributed by atoms with E-state index in [4.69, 9.17) is 0 Å². The second-order valence-electron chi connectivity index (χ2n) is 5.56. The number of hydrogen-bond donors (Lipinski definition) is 0. The lowest BCUT2D eigenvalue weighted by Crippen LogP contribution is -2.34. The molecule has 3 rings (SSSR count). The third kappa shape index (κ3) is 3.65. The Kier molecular flexibility index (Phi) is 6.27. The number of aromatic nitrogens is 3. The molecule has 24 heavy (non-hydrogen) atoms. The number of alkyl halides is 1. The van der Waals surface area contributed by atoms with Crippen LogP contribution in [0, 0.1) is 0 Å². The summed E-state index contributed by atoms with van der Waals surface area (Å²) in [7, 11) is -1.77. The maximum Gasteiger partial charge on any atom is 0.123 e. The largest absolute Gasteiger partial charge is 0.261 e. The van der Waals surface area contributed by atoms with Gasteiger partial charge in [-0.3, -0.25) is 15.0 Å². The average Bonchev–Trinajstić information content (AvgIpc) is 2.68. The van der Waals surface area contributed by atoms with E-state index in [-0.39, 0.29) is 0 Å². The Morgan fingerprint density at radius 1 is 0.708 bits per heavy atom. The highest BCUT2D eigenvalue weighted by Crippen LogP contribution is 2.55. The highest BCUT2D eigenvalue weighted by atomic mass is 131. The molecule has 5 heteroatoms. The second kappa shape index (κ2) is 8.63. The van der Waals surface area contributed by atoms with E-state index in [1.54, 1.807) is 0 Å². The first kappa shape index (κ1) is 17.4. The van der Waals surface area contributed by atoms with Crippen LogP contribution >= 0.6 is 29.9 Å². The monoisotopic (exact) mass is 452 g/mol. The van der Waals surface area contributed by atoms with Gasteiger partial charge in [-0.25, -0.2) is 0 Å². The molecule has 0 bridgehead atoms. The summed E-state index contributed by atoms with van der Waals surface area (Å²) in [6.45, 7) is 0. The van der Waals surface area contributed by atoms with Gasteiger partial charge in [0, 0.05) is 18.6 Å². The summed E-state index contributed by atoms with van der Waals surface area (Å²) in [5.41, 5.74) is 0. The van der Waals surface area contributed by atoms with Gasteiger partial charge < -0.3 is 0 Å². The topological polar surface area (TPSA) is 38.7 Å². The van der Waals surface area contributed by atoms with Crippen LogP contribution in [0.1, 0.15) is 12.8 Å². The summed E-state index contributed by atoms with van der Waals surface area (Å²) in [6, 6.07) is 12.7. The van der Waals surface area contributed by atoms with Crippen molar-refractivity contribution in [2.45, 2.75) is 12.8 Å². The number of unbranched alkanes of at least 4 members (excludes halogenated alkanes) is 1. The first-order valence-corrected chi connectivity index (χ1v) is 11.5. The highest BCUT2D eigenvalue weighted by molar-refractivity contribution is 14.1. The van der Waals surface area contributed by atoms with Crippen LogP contribution < -0.4 is 15.9 Å². The molecule has 0 fully saturated rings. The van der Waals surface area contributed by atoms with Crippen molar-refractivity contribution in [3.8, 4) is 0 Å². The lowest BCUT2D eigenvalue weighted by Gasteiger charge is -2.26. The molecule has 0 atom stereocenters. The zero-order chi connectivity index (χ0) is 16.7. The lowest BCUT2D eigenvalue weighted by molar-refractivity contribution is 0.913. The zero-order valence-electron chi connectivity index (χ0n) is 13.4. The molecule has 3 aromatic rings. The molecule has 122 valence electrons. The molecule has 0 amide bonds. The summed E-state index contributed by atoms with van der Waals surface area (Å²) in [5, 5.41) is 3.92. The maximum atomic E-state index is 4.42. The molecule has 0 saturated carbocycles. The smallest absolute Gasteiger partial charge is 0.123 e. The van der Waals surface area contributed by atoms with Crippen molar-refractivity contribution in [3.05, 3.63) is 73.6 Å². The predicted molar refractivity (Wildman–Crippen MR) is 112 cm³/mol. The molecule has 0 N–H and O–H groups in total. The maximum absolute atomic E-state index is 4.42. The van der Waals surface area contributed by atoms with Gasteiger partial charge in [0.05, 0.1) is 24.8 Å². The molecule has 0 aliphatic rings. The second-order valence-corrected chi connectivity index (χ2v) is 10.3. The van der Waals surface area contributed by atoms with Crippen LogP contribution in [0.25, 0.3) is 0 Å². The fourth-order valence-corrected chi connectivity index (χ4v) is 7.74. The predicted octanol–water partition coefficient (Wildman–Crippen LogP) is 3.38. The van der Waals surface area contributed by atoms with Gasteiger partial charge >= 0.3 is 0 Å². The Balaban J connectivity index is 2.20. The molecule has 0 spiro atoms. The van der Waals surface area contributed by atoms with Crippen molar-refractivity contribution >= 4 is 45.8 Å². The van der Waals surface area contributed by atoms with E-state index >= 15 is 0 Å². The van der Waals surface area contributed by atoms with Gasteiger partial charge in [0.15, 0.2) is 0 Å². The molecule has 0 unspecified atom stereocenters. The quantitative estimate of drug-likeness (QED) is 0.239. The SMILES string of the molecule is [131I]CCCC[P+](c1cccnc1)(c1cccnc1)c1cccnc1. The van der Waals surface area contributed by atoms with Crippen molar-refractivity contribution in [2.75, 3.05) is 10.6 Å². The van der Waals surface area contributed by atoms with Crippen LogP contribution in [0.2, 0.25) is 0 Å².